The van der Waals surface area contributed by atoms with E-state index in [1.165, 1.54) is 17.7 Å². The zero-order chi connectivity index (χ0) is 19.5. The normalized spacial score (nSPS) is 10.8. The second-order valence-corrected chi connectivity index (χ2v) is 6.10. The molecule has 0 unspecified atom stereocenters. The van der Waals surface area contributed by atoms with Crippen LogP contribution in [0, 0.1) is 0 Å². The quantitative estimate of drug-likeness (QED) is 0.557. The van der Waals surface area contributed by atoms with Crippen molar-refractivity contribution in [1.29, 1.82) is 0 Å². The highest BCUT2D eigenvalue weighted by Gasteiger charge is 2.16. The van der Waals surface area contributed by atoms with Crippen LogP contribution in [0.15, 0.2) is 65.5 Å². The number of hydrogen-bond acceptors (Lipinski definition) is 5. The summed E-state index contributed by atoms with van der Waals surface area (Å²) in [6, 6.07) is 17.9. The number of carbonyl (C=O) groups excluding carboxylic acids is 1. The van der Waals surface area contributed by atoms with Gasteiger partial charge in [-0.1, -0.05) is 42.5 Å². The van der Waals surface area contributed by atoms with Crippen molar-refractivity contribution in [3.63, 3.8) is 0 Å². The summed E-state index contributed by atoms with van der Waals surface area (Å²) >= 11 is 0. The number of benzene rings is 2. The molecule has 0 aliphatic rings. The van der Waals surface area contributed by atoms with E-state index in [9.17, 15) is 9.59 Å². The van der Waals surface area contributed by atoms with E-state index in [2.05, 4.69) is 20.4 Å². The average Bonchev–Trinajstić information content (AvgIpc) is 3.11. The molecule has 28 heavy (non-hydrogen) atoms. The number of anilines is 1. The summed E-state index contributed by atoms with van der Waals surface area (Å²) in [5.41, 5.74) is 1.00. The molecule has 2 aromatic carbocycles. The molecule has 0 saturated heterocycles. The van der Waals surface area contributed by atoms with Crippen molar-refractivity contribution < 1.29 is 9.53 Å². The van der Waals surface area contributed by atoms with Gasteiger partial charge in [0, 0.05) is 12.5 Å². The Morgan fingerprint density at radius 1 is 1.14 bits per heavy atom. The Bertz CT molecular complexity index is 1200. The Balaban J connectivity index is 1.68. The van der Waals surface area contributed by atoms with Crippen LogP contribution in [0.3, 0.4) is 0 Å². The van der Waals surface area contributed by atoms with Gasteiger partial charge in [0.2, 0.25) is 5.78 Å². The summed E-state index contributed by atoms with van der Waals surface area (Å²) in [6.07, 6.45) is 0.504. The number of para-hydroxylation sites is 1. The first kappa shape index (κ1) is 17.5. The molecule has 0 atom stereocenters. The van der Waals surface area contributed by atoms with Crippen molar-refractivity contribution in [3.8, 4) is 5.75 Å². The molecule has 0 fully saturated rings. The molecule has 8 nitrogen and oxygen atoms in total. The van der Waals surface area contributed by atoms with Crippen LogP contribution in [0.5, 0.6) is 5.75 Å². The molecule has 4 rings (SSSR count). The van der Waals surface area contributed by atoms with Gasteiger partial charge in [0.05, 0.1) is 12.7 Å². The minimum absolute atomic E-state index is 0.224. The van der Waals surface area contributed by atoms with Crippen LogP contribution in [0.25, 0.3) is 5.78 Å². The van der Waals surface area contributed by atoms with Crippen molar-refractivity contribution in [3.05, 3.63) is 88.0 Å². The number of amides is 1. The van der Waals surface area contributed by atoms with E-state index in [4.69, 9.17) is 4.74 Å². The van der Waals surface area contributed by atoms with E-state index in [0.29, 0.717) is 23.6 Å². The molecule has 0 spiro atoms. The third-order valence-corrected chi connectivity index (χ3v) is 4.18. The Kier molecular flexibility index (Phi) is 4.59. The predicted molar refractivity (Wildman–Crippen MR) is 104 cm³/mol. The molecule has 4 aromatic rings. The summed E-state index contributed by atoms with van der Waals surface area (Å²) < 4.78 is 6.63. The number of hydrogen-bond donors (Lipinski definition) is 2. The van der Waals surface area contributed by atoms with E-state index in [1.807, 2.05) is 30.3 Å². The Morgan fingerprint density at radius 3 is 2.68 bits per heavy atom. The van der Waals surface area contributed by atoms with Gasteiger partial charge in [0.25, 0.3) is 11.5 Å². The van der Waals surface area contributed by atoms with E-state index in [0.717, 1.165) is 5.56 Å². The number of methoxy groups -OCH3 is 1. The molecule has 0 bridgehead atoms. The van der Waals surface area contributed by atoms with Crippen molar-refractivity contribution >= 4 is 17.5 Å². The number of carbonyl (C=O) groups is 1. The molecule has 0 aliphatic carbocycles. The van der Waals surface area contributed by atoms with Gasteiger partial charge in [-0.25, -0.2) is 0 Å². The largest absolute Gasteiger partial charge is 0.496 e. The van der Waals surface area contributed by atoms with Crippen molar-refractivity contribution in [1.82, 2.24) is 19.6 Å². The molecule has 0 aliphatic heterocycles. The Morgan fingerprint density at radius 2 is 1.89 bits per heavy atom. The molecule has 2 aromatic heterocycles. The van der Waals surface area contributed by atoms with E-state index in [1.54, 1.807) is 24.3 Å². The molecule has 0 radical (unpaired) electrons. The highest BCUT2D eigenvalue weighted by Crippen LogP contribution is 2.19. The fourth-order valence-corrected chi connectivity index (χ4v) is 2.89. The molecular formula is C20H17N5O3. The van der Waals surface area contributed by atoms with E-state index < -0.39 is 5.91 Å². The summed E-state index contributed by atoms with van der Waals surface area (Å²) in [5.74, 6) is 1.03. The third-order valence-electron chi connectivity index (χ3n) is 4.18. The highest BCUT2D eigenvalue weighted by molar-refractivity contribution is 6.05. The molecule has 1 amide bonds. The monoisotopic (exact) mass is 375 g/mol. The van der Waals surface area contributed by atoms with E-state index >= 15 is 0 Å². The van der Waals surface area contributed by atoms with Gasteiger partial charge in [0.1, 0.15) is 11.6 Å². The third kappa shape index (κ3) is 3.48. The lowest BCUT2D eigenvalue weighted by atomic mass is 10.1. The minimum Gasteiger partial charge on any atom is -0.496 e. The Labute approximate surface area is 159 Å². The van der Waals surface area contributed by atoms with E-state index in [-0.39, 0.29) is 17.2 Å². The number of aromatic nitrogens is 4. The predicted octanol–water partition coefficient (Wildman–Crippen LogP) is 2.27. The first-order valence-electron chi connectivity index (χ1n) is 8.61. The fourth-order valence-electron chi connectivity index (χ4n) is 2.89. The summed E-state index contributed by atoms with van der Waals surface area (Å²) in [4.78, 5) is 31.7. The smallest absolute Gasteiger partial charge is 0.260 e. The second kappa shape index (κ2) is 7.36. The highest BCUT2D eigenvalue weighted by atomic mass is 16.5. The van der Waals surface area contributed by atoms with Crippen molar-refractivity contribution in [2.45, 2.75) is 6.42 Å². The number of nitrogens with zero attached hydrogens (tertiary/aromatic N) is 3. The molecule has 140 valence electrons. The van der Waals surface area contributed by atoms with Crippen LogP contribution < -0.4 is 15.6 Å². The molecular weight excluding hydrogens is 358 g/mol. The van der Waals surface area contributed by atoms with Crippen molar-refractivity contribution in [2.75, 3.05) is 12.4 Å². The lowest BCUT2D eigenvalue weighted by molar-refractivity contribution is 0.102. The maximum Gasteiger partial charge on any atom is 0.260 e. The topological polar surface area (TPSA) is 101 Å². The van der Waals surface area contributed by atoms with Crippen LogP contribution >= 0.6 is 0 Å². The Hall–Kier alpha value is -3.94. The van der Waals surface area contributed by atoms with Gasteiger partial charge in [-0.2, -0.15) is 9.50 Å². The average molecular weight is 375 g/mol. The minimum atomic E-state index is -0.413. The van der Waals surface area contributed by atoms with Crippen LogP contribution in [0.1, 0.15) is 21.7 Å². The molecule has 2 N–H and O–H groups in total. The lowest BCUT2D eigenvalue weighted by Gasteiger charge is -2.09. The van der Waals surface area contributed by atoms with Gasteiger partial charge >= 0.3 is 0 Å². The zero-order valence-corrected chi connectivity index (χ0v) is 15.0. The number of aromatic amines is 1. The van der Waals surface area contributed by atoms with Gasteiger partial charge in [0.15, 0.2) is 5.82 Å². The van der Waals surface area contributed by atoms with Gasteiger partial charge in [-0.05, 0) is 17.7 Å². The summed E-state index contributed by atoms with van der Waals surface area (Å²) in [5, 5.41) is 7.14. The zero-order valence-electron chi connectivity index (χ0n) is 15.0. The maximum absolute atomic E-state index is 12.7. The van der Waals surface area contributed by atoms with Gasteiger partial charge in [-0.3, -0.25) is 14.6 Å². The van der Waals surface area contributed by atoms with Gasteiger partial charge in [-0.15, -0.1) is 5.10 Å². The van der Waals surface area contributed by atoms with Crippen LogP contribution in [-0.2, 0) is 6.42 Å². The summed E-state index contributed by atoms with van der Waals surface area (Å²) in [6.45, 7) is 0. The summed E-state index contributed by atoms with van der Waals surface area (Å²) in [7, 11) is 1.49. The first-order valence-corrected chi connectivity index (χ1v) is 8.61. The molecule has 2 heterocycles. The first-order chi connectivity index (χ1) is 13.6. The number of nitrogens with one attached hydrogen (secondary N) is 2. The number of rotatable bonds is 5. The fraction of sp³-hybridized carbons (Fsp3) is 0.100. The SMILES string of the molecule is COc1ccccc1C(=O)Nc1cc(=O)[nH]c2nc(Cc3ccccc3)nn12. The second-order valence-electron chi connectivity index (χ2n) is 6.10. The van der Waals surface area contributed by atoms with Crippen LogP contribution in [0.2, 0.25) is 0 Å². The number of fused-ring (bicyclic) bond motifs is 1. The standard InChI is InChI=1S/C20H17N5O3/c1-28-15-10-6-5-9-14(15)19(27)22-17-12-18(26)23-20-21-16(24-25(17)20)11-13-7-3-2-4-8-13/h2-10,12H,11H2,1H3,(H,22,27)(H,21,23,24,26). The lowest BCUT2D eigenvalue weighted by Crippen LogP contribution is -2.19. The number of H-pyrrole nitrogens is 1. The van der Waals surface area contributed by atoms with Gasteiger partial charge < -0.3 is 10.1 Å². The van der Waals surface area contributed by atoms with Crippen LogP contribution in [0.4, 0.5) is 5.82 Å². The maximum atomic E-state index is 12.7. The van der Waals surface area contributed by atoms with Crippen molar-refractivity contribution in [2.24, 2.45) is 0 Å². The molecule has 0 saturated carbocycles. The number of ether oxygens (including phenoxy) is 1. The molecule has 8 heteroatoms. The van der Waals surface area contributed by atoms with Crippen LogP contribution in [-0.4, -0.2) is 32.6 Å².